The van der Waals surface area contributed by atoms with Crippen LogP contribution in [0.2, 0.25) is 0 Å². The number of aliphatic hydroxyl groups excluding tert-OH is 1. The lowest BCUT2D eigenvalue weighted by atomic mass is 9.74. The minimum atomic E-state index is -0.367. The molecule has 0 radical (unpaired) electrons. The van der Waals surface area contributed by atoms with Gasteiger partial charge in [0.2, 0.25) is 5.91 Å². The Kier molecular flexibility index (Phi) is 5.71. The Morgan fingerprint density at radius 2 is 2.24 bits per heavy atom. The summed E-state index contributed by atoms with van der Waals surface area (Å²) in [7, 11) is 1.53. The van der Waals surface area contributed by atoms with Crippen molar-refractivity contribution in [3.8, 4) is 5.75 Å². The van der Waals surface area contributed by atoms with E-state index in [4.69, 9.17) is 4.74 Å². The van der Waals surface area contributed by atoms with Crippen LogP contribution < -0.4 is 10.1 Å². The number of benzene rings is 1. The normalized spacial score (nSPS) is 20.6. The van der Waals surface area contributed by atoms with Gasteiger partial charge >= 0.3 is 0 Å². The first kappa shape index (κ1) is 17.9. The largest absolute Gasteiger partial charge is 0.496 e. The van der Waals surface area contributed by atoms with Gasteiger partial charge in [-0.3, -0.25) is 4.79 Å². The van der Waals surface area contributed by atoms with Crippen molar-refractivity contribution in [1.82, 2.24) is 5.32 Å². The molecule has 25 heavy (non-hydrogen) atoms. The smallest absolute Gasteiger partial charge is 0.220 e. The van der Waals surface area contributed by atoms with E-state index >= 15 is 0 Å². The van der Waals surface area contributed by atoms with Gasteiger partial charge in [0.1, 0.15) is 11.6 Å². The number of hydrogen-bond acceptors (Lipinski definition) is 4. The molecule has 1 fully saturated rings. The van der Waals surface area contributed by atoms with Gasteiger partial charge < -0.3 is 15.2 Å². The Morgan fingerprint density at radius 3 is 2.88 bits per heavy atom. The van der Waals surface area contributed by atoms with Crippen LogP contribution in [0.3, 0.4) is 0 Å². The van der Waals surface area contributed by atoms with Crippen molar-refractivity contribution >= 4 is 17.2 Å². The zero-order valence-corrected chi connectivity index (χ0v) is 14.9. The third-order valence-electron chi connectivity index (χ3n) is 4.69. The Bertz CT molecular complexity index is 713. The number of carbonyl (C=O) groups is 1. The second-order valence-corrected chi connectivity index (χ2v) is 7.23. The van der Waals surface area contributed by atoms with E-state index in [1.807, 2.05) is 16.8 Å². The Morgan fingerprint density at radius 1 is 1.44 bits per heavy atom. The maximum absolute atomic E-state index is 13.8. The summed E-state index contributed by atoms with van der Waals surface area (Å²) in [6.45, 7) is 0. The second-order valence-electron chi connectivity index (χ2n) is 6.45. The van der Waals surface area contributed by atoms with Gasteiger partial charge in [0.25, 0.3) is 0 Å². The first-order valence-electron chi connectivity index (χ1n) is 8.38. The van der Waals surface area contributed by atoms with Crippen molar-refractivity contribution in [2.45, 2.75) is 37.8 Å². The van der Waals surface area contributed by atoms with Crippen LogP contribution in [-0.4, -0.2) is 24.2 Å². The number of nitrogens with one attached hydrogen (secondary N) is 1. The molecule has 134 valence electrons. The number of thiophene rings is 1. The number of aliphatic hydroxyl groups is 1. The molecule has 2 N–H and O–H groups in total. The van der Waals surface area contributed by atoms with E-state index in [9.17, 15) is 14.3 Å². The van der Waals surface area contributed by atoms with Crippen LogP contribution >= 0.6 is 11.3 Å². The zero-order valence-electron chi connectivity index (χ0n) is 14.1. The van der Waals surface area contributed by atoms with Gasteiger partial charge in [-0.15, -0.1) is 0 Å². The molecule has 3 rings (SSSR count). The number of halogens is 1. The molecule has 1 atom stereocenters. The van der Waals surface area contributed by atoms with Crippen molar-refractivity contribution < 1.29 is 19.0 Å². The van der Waals surface area contributed by atoms with Gasteiger partial charge in [-0.05, 0) is 65.8 Å². The average molecular weight is 363 g/mol. The monoisotopic (exact) mass is 363 g/mol. The highest BCUT2D eigenvalue weighted by atomic mass is 32.1. The van der Waals surface area contributed by atoms with Crippen LogP contribution in [0.1, 0.15) is 36.4 Å². The summed E-state index contributed by atoms with van der Waals surface area (Å²) < 4.78 is 19.1. The summed E-state index contributed by atoms with van der Waals surface area (Å²) >= 11 is 1.61. The summed E-state index contributed by atoms with van der Waals surface area (Å²) in [4.78, 5) is 12.4. The highest BCUT2D eigenvalue weighted by Crippen LogP contribution is 2.41. The van der Waals surface area contributed by atoms with Gasteiger partial charge in [-0.25, -0.2) is 4.39 Å². The predicted octanol–water partition coefficient (Wildman–Crippen LogP) is 3.46. The summed E-state index contributed by atoms with van der Waals surface area (Å²) in [6, 6.07) is 5.97. The van der Waals surface area contributed by atoms with E-state index in [0.29, 0.717) is 37.0 Å². The number of amides is 1. The molecule has 2 aromatic rings. The van der Waals surface area contributed by atoms with Gasteiger partial charge in [0, 0.05) is 12.0 Å². The molecule has 0 bridgehead atoms. The third-order valence-corrected chi connectivity index (χ3v) is 5.42. The molecule has 0 spiro atoms. The minimum absolute atomic E-state index is 0.0794. The van der Waals surface area contributed by atoms with Crippen LogP contribution in [0.15, 0.2) is 35.0 Å². The van der Waals surface area contributed by atoms with Gasteiger partial charge in [0.15, 0.2) is 0 Å². The lowest BCUT2D eigenvalue weighted by Crippen LogP contribution is -2.41. The Balaban J connectivity index is 1.73. The van der Waals surface area contributed by atoms with Crippen LogP contribution in [0, 0.1) is 11.7 Å². The number of ether oxygens (including phenoxy) is 1. The fraction of sp³-hybridized carbons (Fsp3) is 0.421. The number of aryl methyl sites for hydroxylation is 1. The third kappa shape index (κ3) is 4.38. The van der Waals surface area contributed by atoms with E-state index in [1.165, 1.54) is 19.2 Å². The maximum atomic E-state index is 13.8. The molecule has 1 aliphatic rings. The Hall–Kier alpha value is -1.92. The zero-order chi connectivity index (χ0) is 17.8. The van der Waals surface area contributed by atoms with Crippen molar-refractivity contribution in [2.24, 2.45) is 5.92 Å². The molecular formula is C19H22FNO3S. The van der Waals surface area contributed by atoms with Crippen LogP contribution in [0.4, 0.5) is 4.39 Å². The summed E-state index contributed by atoms with van der Waals surface area (Å²) in [5.41, 5.74) is 1.77. The first-order chi connectivity index (χ1) is 12.1. The highest BCUT2D eigenvalue weighted by molar-refractivity contribution is 7.07. The van der Waals surface area contributed by atoms with Gasteiger partial charge in [-0.2, -0.15) is 11.3 Å². The molecule has 6 heteroatoms. The molecule has 1 saturated carbocycles. The van der Waals surface area contributed by atoms with Crippen molar-refractivity contribution in [1.29, 1.82) is 0 Å². The molecule has 0 aliphatic heterocycles. The lowest BCUT2D eigenvalue weighted by Gasteiger charge is -2.38. The van der Waals surface area contributed by atoms with E-state index in [0.717, 1.165) is 5.56 Å². The van der Waals surface area contributed by atoms with Crippen molar-refractivity contribution in [3.63, 3.8) is 0 Å². The molecule has 1 aromatic carbocycles. The molecule has 1 aromatic heterocycles. The number of rotatable bonds is 7. The molecule has 1 aliphatic carbocycles. The van der Waals surface area contributed by atoms with Crippen molar-refractivity contribution in [3.05, 3.63) is 52.0 Å². The van der Waals surface area contributed by atoms with E-state index in [-0.39, 0.29) is 29.8 Å². The number of hydrogen-bond donors (Lipinski definition) is 2. The number of carbonyl (C=O) groups excluding carboxylic acids is 1. The summed E-state index contributed by atoms with van der Waals surface area (Å²) in [6.07, 6.45) is 1.88. The standard InChI is InChI=1S/C19H22FNO3S/c1-24-17-4-3-14(20)10-16(17)19(13-8-15(22)9-13)21-18(23)5-2-12-6-7-25-11-12/h3-4,6-7,10-11,13,15,19,22H,2,5,8-9H2,1H3,(H,21,23)/t13?,15?,19-/m0/s1. The summed E-state index contributed by atoms with van der Waals surface area (Å²) in [5, 5.41) is 16.7. The predicted molar refractivity (Wildman–Crippen MR) is 95.2 cm³/mol. The highest BCUT2D eigenvalue weighted by Gasteiger charge is 2.37. The minimum Gasteiger partial charge on any atom is -0.496 e. The van der Waals surface area contributed by atoms with E-state index in [2.05, 4.69) is 5.32 Å². The van der Waals surface area contributed by atoms with Crippen LogP contribution in [0.25, 0.3) is 0 Å². The molecule has 1 amide bonds. The van der Waals surface area contributed by atoms with Crippen LogP contribution in [0.5, 0.6) is 5.75 Å². The first-order valence-corrected chi connectivity index (χ1v) is 9.33. The quantitative estimate of drug-likeness (QED) is 0.792. The molecule has 0 unspecified atom stereocenters. The molecular weight excluding hydrogens is 341 g/mol. The maximum Gasteiger partial charge on any atom is 0.220 e. The van der Waals surface area contributed by atoms with Gasteiger partial charge in [0.05, 0.1) is 19.3 Å². The van der Waals surface area contributed by atoms with E-state index < -0.39 is 0 Å². The SMILES string of the molecule is COc1ccc(F)cc1[C@@H](NC(=O)CCc1ccsc1)C1CC(O)C1. The lowest BCUT2D eigenvalue weighted by molar-refractivity contribution is -0.123. The number of methoxy groups -OCH3 is 1. The fourth-order valence-electron chi connectivity index (χ4n) is 3.24. The average Bonchev–Trinajstić information content (AvgIpc) is 3.09. The topological polar surface area (TPSA) is 58.6 Å². The summed E-state index contributed by atoms with van der Waals surface area (Å²) in [5.74, 6) is 0.179. The Labute approximate surface area is 150 Å². The van der Waals surface area contributed by atoms with E-state index in [1.54, 1.807) is 17.4 Å². The molecule has 1 heterocycles. The molecule has 0 saturated heterocycles. The van der Waals surface area contributed by atoms with Crippen molar-refractivity contribution in [2.75, 3.05) is 7.11 Å². The second kappa shape index (κ2) is 7.97. The van der Waals surface area contributed by atoms with Crippen LogP contribution in [-0.2, 0) is 11.2 Å². The van der Waals surface area contributed by atoms with Gasteiger partial charge in [-0.1, -0.05) is 0 Å². The molecule has 4 nitrogen and oxygen atoms in total. The fourth-order valence-corrected chi connectivity index (χ4v) is 3.94.